The van der Waals surface area contributed by atoms with Crippen LogP contribution < -0.4 is 10.2 Å². The summed E-state index contributed by atoms with van der Waals surface area (Å²) in [6.45, 7) is 9.89. The number of fused-ring (bicyclic) bond motifs is 1. The van der Waals surface area contributed by atoms with E-state index in [1.165, 1.54) is 5.56 Å². The Morgan fingerprint density at radius 2 is 2.22 bits per heavy atom. The quantitative estimate of drug-likeness (QED) is 0.876. The minimum atomic E-state index is 0.224. The highest BCUT2D eigenvalue weighted by Crippen LogP contribution is 2.31. The highest BCUT2D eigenvalue weighted by Gasteiger charge is 2.32. The number of carbonyl (C=O) groups is 1. The Labute approximate surface area is 147 Å². The van der Waals surface area contributed by atoms with Crippen molar-refractivity contribution in [3.63, 3.8) is 0 Å². The fourth-order valence-corrected chi connectivity index (χ4v) is 4.06. The second kappa shape index (κ2) is 6.91. The summed E-state index contributed by atoms with van der Waals surface area (Å²) in [6, 6.07) is 7.12. The van der Waals surface area contributed by atoms with Crippen LogP contribution in [-0.4, -0.2) is 49.1 Å². The number of hydrogen-bond donors (Lipinski definition) is 1. The van der Waals surface area contributed by atoms with Gasteiger partial charge in [-0.3, -0.25) is 9.69 Å². The van der Waals surface area contributed by atoms with Gasteiger partial charge in [0.05, 0.1) is 6.54 Å². The third kappa shape index (κ3) is 3.62. The molecule has 1 aromatic rings. The Balaban J connectivity index is 1.73. The van der Waals surface area contributed by atoms with Gasteiger partial charge in [0.15, 0.2) is 0 Å². The standard InChI is InChI=1S/C18H26BrN3O/c1-12(2)17-9-20-13(3)10-21(17)11-18(23)22-7-6-14-4-5-15(19)8-16(14)22/h4-5,8,12-13,17,20H,6-7,9-11H2,1-3H3/t13-,17-/m1/s1. The van der Waals surface area contributed by atoms with Crippen LogP contribution in [-0.2, 0) is 11.2 Å². The Kier molecular flexibility index (Phi) is 5.09. The molecule has 0 saturated carbocycles. The first-order chi connectivity index (χ1) is 11.0. The van der Waals surface area contributed by atoms with Crippen LogP contribution in [0.25, 0.3) is 0 Å². The number of nitrogens with zero attached hydrogens (tertiary/aromatic N) is 2. The minimum Gasteiger partial charge on any atom is -0.311 e. The molecule has 1 aromatic carbocycles. The molecule has 3 rings (SSSR count). The predicted molar refractivity (Wildman–Crippen MR) is 97.9 cm³/mol. The molecule has 2 aliphatic rings. The lowest BCUT2D eigenvalue weighted by atomic mass is 9.99. The van der Waals surface area contributed by atoms with E-state index in [4.69, 9.17) is 0 Å². The number of nitrogens with one attached hydrogen (secondary N) is 1. The maximum absolute atomic E-state index is 12.9. The first kappa shape index (κ1) is 16.9. The summed E-state index contributed by atoms with van der Waals surface area (Å²) in [5.41, 5.74) is 2.35. The van der Waals surface area contributed by atoms with Crippen molar-refractivity contribution in [1.82, 2.24) is 10.2 Å². The zero-order chi connectivity index (χ0) is 16.6. The Morgan fingerprint density at radius 1 is 1.43 bits per heavy atom. The third-order valence-corrected chi connectivity index (χ3v) is 5.50. The van der Waals surface area contributed by atoms with Gasteiger partial charge in [-0.25, -0.2) is 0 Å². The number of benzene rings is 1. The summed E-state index contributed by atoms with van der Waals surface area (Å²) >= 11 is 3.52. The van der Waals surface area contributed by atoms with Gasteiger partial charge in [0.25, 0.3) is 0 Å². The first-order valence-corrected chi connectivity index (χ1v) is 9.31. The van der Waals surface area contributed by atoms with E-state index < -0.39 is 0 Å². The van der Waals surface area contributed by atoms with Gasteiger partial charge < -0.3 is 10.2 Å². The molecule has 1 saturated heterocycles. The van der Waals surface area contributed by atoms with E-state index in [2.05, 4.69) is 65.1 Å². The van der Waals surface area contributed by atoms with Crippen molar-refractivity contribution in [2.45, 2.75) is 39.3 Å². The van der Waals surface area contributed by atoms with Crippen molar-refractivity contribution in [2.24, 2.45) is 5.92 Å². The number of anilines is 1. The molecule has 1 N–H and O–H groups in total. The van der Waals surface area contributed by atoms with Gasteiger partial charge >= 0.3 is 0 Å². The van der Waals surface area contributed by atoms with E-state index in [9.17, 15) is 4.79 Å². The maximum Gasteiger partial charge on any atom is 0.241 e. The Hall–Kier alpha value is -0.910. The summed E-state index contributed by atoms with van der Waals surface area (Å²) in [5, 5.41) is 3.54. The van der Waals surface area contributed by atoms with E-state index >= 15 is 0 Å². The van der Waals surface area contributed by atoms with Gasteiger partial charge in [-0.05, 0) is 37.0 Å². The van der Waals surface area contributed by atoms with E-state index in [-0.39, 0.29) is 5.91 Å². The van der Waals surface area contributed by atoms with Crippen LogP contribution in [0.15, 0.2) is 22.7 Å². The third-order valence-electron chi connectivity index (χ3n) is 5.00. The van der Waals surface area contributed by atoms with Gasteiger partial charge in [0, 0.05) is 41.9 Å². The van der Waals surface area contributed by atoms with Crippen molar-refractivity contribution in [2.75, 3.05) is 31.1 Å². The molecule has 2 heterocycles. The molecule has 0 aliphatic carbocycles. The Morgan fingerprint density at radius 3 is 2.96 bits per heavy atom. The maximum atomic E-state index is 12.9. The minimum absolute atomic E-state index is 0.224. The van der Waals surface area contributed by atoms with Gasteiger partial charge in [-0.1, -0.05) is 35.8 Å². The van der Waals surface area contributed by atoms with Crippen LogP contribution in [0.1, 0.15) is 26.3 Å². The molecule has 2 aliphatic heterocycles. The highest BCUT2D eigenvalue weighted by molar-refractivity contribution is 9.10. The van der Waals surface area contributed by atoms with Gasteiger partial charge in [0.1, 0.15) is 0 Å². The van der Waals surface area contributed by atoms with Crippen LogP contribution in [0.4, 0.5) is 5.69 Å². The average molecular weight is 380 g/mol. The molecule has 0 bridgehead atoms. The van der Waals surface area contributed by atoms with Gasteiger partial charge in [0.2, 0.25) is 5.91 Å². The molecule has 0 spiro atoms. The number of amides is 1. The molecule has 1 fully saturated rings. The van der Waals surface area contributed by atoms with E-state index in [1.54, 1.807) is 0 Å². The average Bonchev–Trinajstić information content (AvgIpc) is 2.89. The van der Waals surface area contributed by atoms with Crippen molar-refractivity contribution in [3.05, 3.63) is 28.2 Å². The summed E-state index contributed by atoms with van der Waals surface area (Å²) in [6.07, 6.45) is 0.958. The molecule has 0 aromatic heterocycles. The van der Waals surface area contributed by atoms with Gasteiger partial charge in [-0.15, -0.1) is 0 Å². The molecule has 4 nitrogen and oxygen atoms in total. The molecule has 5 heteroatoms. The summed E-state index contributed by atoms with van der Waals surface area (Å²) in [4.78, 5) is 17.2. The second-order valence-corrected chi connectivity index (χ2v) is 8.03. The van der Waals surface area contributed by atoms with Crippen LogP contribution in [0, 0.1) is 5.92 Å². The first-order valence-electron chi connectivity index (χ1n) is 8.52. The zero-order valence-corrected chi connectivity index (χ0v) is 15.8. The number of hydrogen-bond acceptors (Lipinski definition) is 3. The second-order valence-electron chi connectivity index (χ2n) is 7.12. The molecule has 23 heavy (non-hydrogen) atoms. The smallest absolute Gasteiger partial charge is 0.241 e. The van der Waals surface area contributed by atoms with Gasteiger partial charge in [-0.2, -0.15) is 0 Å². The van der Waals surface area contributed by atoms with Crippen molar-refractivity contribution < 1.29 is 4.79 Å². The van der Waals surface area contributed by atoms with Crippen molar-refractivity contribution in [3.8, 4) is 0 Å². The number of halogens is 1. The highest BCUT2D eigenvalue weighted by atomic mass is 79.9. The van der Waals surface area contributed by atoms with Crippen LogP contribution in [0.5, 0.6) is 0 Å². The normalized spacial score (nSPS) is 25.0. The number of rotatable bonds is 3. The van der Waals surface area contributed by atoms with E-state index in [0.29, 0.717) is 24.5 Å². The lowest BCUT2D eigenvalue weighted by Gasteiger charge is -2.41. The summed E-state index contributed by atoms with van der Waals surface area (Å²) in [5.74, 6) is 0.768. The van der Waals surface area contributed by atoms with Crippen molar-refractivity contribution >= 4 is 27.5 Å². The molecule has 1 amide bonds. The van der Waals surface area contributed by atoms with Crippen LogP contribution in [0.3, 0.4) is 0 Å². The molecule has 126 valence electrons. The van der Waals surface area contributed by atoms with E-state index in [0.717, 1.165) is 36.2 Å². The Bertz CT molecular complexity index is 590. The van der Waals surface area contributed by atoms with E-state index in [1.807, 2.05) is 4.90 Å². The van der Waals surface area contributed by atoms with Crippen LogP contribution in [0.2, 0.25) is 0 Å². The fourth-order valence-electron chi connectivity index (χ4n) is 3.71. The van der Waals surface area contributed by atoms with Crippen molar-refractivity contribution in [1.29, 1.82) is 0 Å². The summed E-state index contributed by atoms with van der Waals surface area (Å²) in [7, 11) is 0. The lowest BCUT2D eigenvalue weighted by Crippen LogP contribution is -2.59. The molecular weight excluding hydrogens is 354 g/mol. The zero-order valence-electron chi connectivity index (χ0n) is 14.2. The topological polar surface area (TPSA) is 35.6 Å². The largest absolute Gasteiger partial charge is 0.311 e. The number of piperazine rings is 1. The number of carbonyl (C=O) groups excluding carboxylic acids is 1. The monoisotopic (exact) mass is 379 g/mol. The fraction of sp³-hybridized carbons (Fsp3) is 0.611. The SMILES string of the molecule is CC(C)[C@H]1CN[C@H](C)CN1CC(=O)N1CCc2ccc(Br)cc21. The lowest BCUT2D eigenvalue weighted by molar-refractivity contribution is -0.120. The van der Waals surface area contributed by atoms with Crippen LogP contribution >= 0.6 is 15.9 Å². The molecule has 0 radical (unpaired) electrons. The molecular formula is C18H26BrN3O. The predicted octanol–water partition coefficient (Wildman–Crippen LogP) is 2.66. The molecule has 2 atom stereocenters. The molecule has 0 unspecified atom stereocenters. The summed E-state index contributed by atoms with van der Waals surface area (Å²) < 4.78 is 1.03.